The van der Waals surface area contributed by atoms with Crippen molar-refractivity contribution >= 4 is 5.97 Å². The van der Waals surface area contributed by atoms with Gasteiger partial charge in [-0.15, -0.1) is 0 Å². The molecule has 0 aliphatic heterocycles. The van der Waals surface area contributed by atoms with Crippen molar-refractivity contribution in [1.29, 1.82) is 0 Å². The number of phenolic OH excluding ortho intramolecular Hbond substituents is 1. The molecule has 0 atom stereocenters. The smallest absolute Gasteiger partial charge is 0.374 e. The molecule has 0 unspecified atom stereocenters. The Labute approximate surface area is 102 Å². The number of hydrogen-bond acceptors (Lipinski definition) is 5. The lowest BCUT2D eigenvalue weighted by Crippen LogP contribution is -1.92. The first kappa shape index (κ1) is 12.1. The van der Waals surface area contributed by atoms with Gasteiger partial charge in [-0.25, -0.2) is 4.79 Å². The molecule has 6 nitrogen and oxygen atoms in total. The number of benzene rings is 1. The van der Waals surface area contributed by atoms with E-state index in [-0.39, 0.29) is 23.8 Å². The number of aromatic nitrogens is 1. The summed E-state index contributed by atoms with van der Waals surface area (Å²) < 4.78 is 9.59. The lowest BCUT2D eigenvalue weighted by atomic mass is 10.1. The van der Waals surface area contributed by atoms with Crippen molar-refractivity contribution in [2.45, 2.75) is 6.61 Å². The third-order valence-corrected chi connectivity index (χ3v) is 2.42. The first-order valence-corrected chi connectivity index (χ1v) is 5.13. The molecular formula is C12H11NO5. The van der Waals surface area contributed by atoms with E-state index in [9.17, 15) is 9.90 Å². The maximum absolute atomic E-state index is 10.7. The molecule has 0 aliphatic rings. The van der Waals surface area contributed by atoms with Gasteiger partial charge in [-0.1, -0.05) is 17.3 Å². The highest BCUT2D eigenvalue weighted by atomic mass is 16.5. The van der Waals surface area contributed by atoms with Crippen molar-refractivity contribution in [1.82, 2.24) is 5.16 Å². The minimum atomic E-state index is -1.21. The number of hydrogen-bond donors (Lipinski definition) is 2. The van der Waals surface area contributed by atoms with Crippen molar-refractivity contribution < 1.29 is 24.3 Å². The molecule has 0 spiro atoms. The number of phenols is 1. The van der Waals surface area contributed by atoms with E-state index in [1.807, 2.05) is 0 Å². The summed E-state index contributed by atoms with van der Waals surface area (Å²) in [5.74, 6) is -1.48. The molecule has 2 N–H and O–H groups in total. The number of carboxylic acids is 1. The van der Waals surface area contributed by atoms with Gasteiger partial charge in [0.15, 0.2) is 0 Å². The highest BCUT2D eigenvalue weighted by molar-refractivity contribution is 5.86. The van der Waals surface area contributed by atoms with Crippen LogP contribution in [0.2, 0.25) is 0 Å². The Bertz CT molecular complexity index is 576. The molecule has 0 amide bonds. The topological polar surface area (TPSA) is 92.8 Å². The molecule has 0 bridgehead atoms. The quantitative estimate of drug-likeness (QED) is 0.859. The van der Waals surface area contributed by atoms with Crippen molar-refractivity contribution in [3.05, 3.63) is 35.6 Å². The van der Waals surface area contributed by atoms with Gasteiger partial charge in [-0.3, -0.25) is 0 Å². The molecule has 94 valence electrons. The fourth-order valence-corrected chi connectivity index (χ4v) is 1.57. The van der Waals surface area contributed by atoms with Crippen LogP contribution in [0.25, 0.3) is 11.3 Å². The molecule has 0 fully saturated rings. The monoisotopic (exact) mass is 249 g/mol. The lowest BCUT2D eigenvalue weighted by molar-refractivity contribution is 0.0652. The van der Waals surface area contributed by atoms with Crippen molar-refractivity contribution in [3.63, 3.8) is 0 Å². The van der Waals surface area contributed by atoms with Gasteiger partial charge in [0.2, 0.25) is 5.76 Å². The number of carbonyl (C=O) groups is 1. The maximum atomic E-state index is 10.7. The summed E-state index contributed by atoms with van der Waals surface area (Å²) in [6.45, 7) is 0.253. The zero-order chi connectivity index (χ0) is 13.1. The van der Waals surface area contributed by atoms with Crippen LogP contribution >= 0.6 is 0 Å². The van der Waals surface area contributed by atoms with Crippen molar-refractivity contribution in [2.75, 3.05) is 7.11 Å². The molecule has 0 saturated carbocycles. The third-order valence-electron chi connectivity index (χ3n) is 2.42. The first-order valence-electron chi connectivity index (χ1n) is 5.13. The maximum Gasteiger partial charge on any atom is 0.374 e. The van der Waals surface area contributed by atoms with Crippen LogP contribution in [0.4, 0.5) is 0 Å². The van der Waals surface area contributed by atoms with E-state index in [2.05, 4.69) is 9.68 Å². The van der Waals surface area contributed by atoms with E-state index < -0.39 is 5.97 Å². The Morgan fingerprint density at radius 2 is 2.28 bits per heavy atom. The summed E-state index contributed by atoms with van der Waals surface area (Å²) in [6.07, 6.45) is 0. The summed E-state index contributed by atoms with van der Waals surface area (Å²) in [5, 5.41) is 22.4. The van der Waals surface area contributed by atoms with Gasteiger partial charge in [0.25, 0.3) is 0 Å². The van der Waals surface area contributed by atoms with Crippen molar-refractivity contribution in [3.8, 4) is 17.0 Å². The number of aromatic hydroxyl groups is 1. The van der Waals surface area contributed by atoms with Crippen LogP contribution < -0.4 is 0 Å². The molecule has 6 heteroatoms. The number of para-hydroxylation sites is 1. The second kappa shape index (κ2) is 4.89. The Morgan fingerprint density at radius 3 is 2.89 bits per heavy atom. The standard InChI is InChI=1S/C12H11NO5/c1-17-6-7-3-2-4-8(11(7)14)9-5-10(12(15)16)18-13-9/h2-5,14H,6H2,1H3,(H,15,16). The molecular weight excluding hydrogens is 238 g/mol. The molecule has 0 aliphatic carbocycles. The van der Waals surface area contributed by atoms with Gasteiger partial charge < -0.3 is 19.5 Å². The van der Waals surface area contributed by atoms with Gasteiger partial charge in [-0.2, -0.15) is 0 Å². The predicted molar refractivity (Wildman–Crippen MR) is 61.3 cm³/mol. The zero-order valence-electron chi connectivity index (χ0n) is 9.58. The molecule has 1 aromatic carbocycles. The van der Waals surface area contributed by atoms with Gasteiger partial charge in [-0.05, 0) is 6.07 Å². The van der Waals surface area contributed by atoms with Crippen molar-refractivity contribution in [2.24, 2.45) is 0 Å². The zero-order valence-corrected chi connectivity index (χ0v) is 9.58. The minimum Gasteiger partial charge on any atom is -0.507 e. The molecule has 0 radical (unpaired) electrons. The molecule has 0 saturated heterocycles. The van der Waals surface area contributed by atoms with E-state index in [4.69, 9.17) is 9.84 Å². The number of ether oxygens (including phenoxy) is 1. The third kappa shape index (κ3) is 2.18. The fourth-order valence-electron chi connectivity index (χ4n) is 1.57. The molecule has 1 aromatic heterocycles. The highest BCUT2D eigenvalue weighted by Gasteiger charge is 2.16. The Balaban J connectivity index is 2.43. The van der Waals surface area contributed by atoms with Gasteiger partial charge in [0.05, 0.1) is 6.61 Å². The van der Waals surface area contributed by atoms with Crippen LogP contribution in [0.5, 0.6) is 5.75 Å². The Hall–Kier alpha value is -2.34. The second-order valence-electron chi connectivity index (χ2n) is 3.63. The summed E-state index contributed by atoms with van der Waals surface area (Å²) in [5.41, 5.74) is 1.26. The van der Waals surface area contributed by atoms with E-state index in [0.29, 0.717) is 11.1 Å². The van der Waals surface area contributed by atoms with Crippen LogP contribution in [0, 0.1) is 0 Å². The number of nitrogens with zero attached hydrogens (tertiary/aromatic N) is 1. The number of methoxy groups -OCH3 is 1. The van der Waals surface area contributed by atoms with Crippen LogP contribution in [0.15, 0.2) is 28.8 Å². The summed E-state index contributed by atoms with van der Waals surface area (Å²) in [6, 6.07) is 6.31. The summed E-state index contributed by atoms with van der Waals surface area (Å²) >= 11 is 0. The average molecular weight is 249 g/mol. The van der Waals surface area contributed by atoms with Gasteiger partial charge in [0, 0.05) is 24.3 Å². The number of carboxylic acid groups (broad SMARTS) is 1. The van der Waals surface area contributed by atoms with Crippen LogP contribution in [-0.2, 0) is 11.3 Å². The summed E-state index contributed by atoms with van der Waals surface area (Å²) in [4.78, 5) is 10.7. The molecule has 1 heterocycles. The van der Waals surface area contributed by atoms with Crippen LogP contribution in [0.1, 0.15) is 16.1 Å². The van der Waals surface area contributed by atoms with Crippen LogP contribution in [0.3, 0.4) is 0 Å². The first-order chi connectivity index (χ1) is 8.63. The number of aromatic carboxylic acids is 1. The second-order valence-corrected chi connectivity index (χ2v) is 3.63. The van der Waals surface area contributed by atoms with E-state index in [1.54, 1.807) is 18.2 Å². The molecule has 2 aromatic rings. The van der Waals surface area contributed by atoms with E-state index in [1.165, 1.54) is 13.2 Å². The van der Waals surface area contributed by atoms with Gasteiger partial charge >= 0.3 is 5.97 Å². The normalized spacial score (nSPS) is 10.5. The summed E-state index contributed by atoms with van der Waals surface area (Å²) in [7, 11) is 1.52. The Kier molecular flexibility index (Phi) is 3.29. The number of rotatable bonds is 4. The lowest BCUT2D eigenvalue weighted by Gasteiger charge is -2.06. The largest absolute Gasteiger partial charge is 0.507 e. The molecule has 18 heavy (non-hydrogen) atoms. The van der Waals surface area contributed by atoms with Crippen LogP contribution in [-0.4, -0.2) is 28.4 Å². The Morgan fingerprint density at radius 1 is 1.50 bits per heavy atom. The van der Waals surface area contributed by atoms with E-state index >= 15 is 0 Å². The molecule has 2 rings (SSSR count). The van der Waals surface area contributed by atoms with Gasteiger partial charge in [0.1, 0.15) is 11.4 Å². The predicted octanol–water partition coefficient (Wildman–Crippen LogP) is 1.89. The van der Waals surface area contributed by atoms with E-state index in [0.717, 1.165) is 0 Å². The minimum absolute atomic E-state index is 0.00425. The average Bonchev–Trinajstić information content (AvgIpc) is 2.81. The highest BCUT2D eigenvalue weighted by Crippen LogP contribution is 2.32. The fraction of sp³-hybridized carbons (Fsp3) is 0.167. The SMILES string of the molecule is COCc1cccc(-c2cc(C(=O)O)on2)c1O.